The number of imidazole rings is 1. The van der Waals surface area contributed by atoms with E-state index < -0.39 is 0 Å². The molecule has 0 aliphatic heterocycles. The third-order valence-corrected chi connectivity index (χ3v) is 3.80. The Bertz CT molecular complexity index is 733. The predicted octanol–water partition coefficient (Wildman–Crippen LogP) is 3.38. The number of para-hydroxylation sites is 2. The van der Waals surface area contributed by atoms with Crippen LogP contribution in [-0.2, 0) is 7.05 Å². The number of hydrogen-bond donors (Lipinski definition) is 1. The number of rotatable bonds is 2. The van der Waals surface area contributed by atoms with E-state index in [2.05, 4.69) is 31.5 Å². The first-order chi connectivity index (χ1) is 9.16. The molecule has 0 amide bonds. The van der Waals surface area contributed by atoms with E-state index in [1.54, 1.807) is 0 Å². The summed E-state index contributed by atoms with van der Waals surface area (Å²) in [6, 6.07) is 15.9. The molecule has 0 radical (unpaired) electrons. The van der Waals surface area contributed by atoms with Gasteiger partial charge in [-0.15, -0.1) is 0 Å². The van der Waals surface area contributed by atoms with Gasteiger partial charge in [-0.25, -0.2) is 4.98 Å². The number of hydrogen-bond acceptors (Lipinski definition) is 2. The molecule has 96 valence electrons. The van der Waals surface area contributed by atoms with Gasteiger partial charge in [-0.3, -0.25) is 0 Å². The normalized spacial score (nSPS) is 12.8. The Labute approximate surface area is 120 Å². The van der Waals surface area contributed by atoms with Gasteiger partial charge in [0.2, 0.25) is 0 Å². The van der Waals surface area contributed by atoms with Crippen molar-refractivity contribution < 1.29 is 0 Å². The van der Waals surface area contributed by atoms with Crippen molar-refractivity contribution in [3.05, 3.63) is 64.4 Å². The molecule has 1 atom stereocenters. The second kappa shape index (κ2) is 4.79. The molecule has 1 aromatic heterocycles. The highest BCUT2D eigenvalue weighted by Crippen LogP contribution is 2.24. The fourth-order valence-electron chi connectivity index (χ4n) is 2.29. The van der Waals surface area contributed by atoms with Crippen molar-refractivity contribution in [3.8, 4) is 0 Å². The number of nitrogens with two attached hydrogens (primary N) is 1. The van der Waals surface area contributed by atoms with Gasteiger partial charge in [0.05, 0.1) is 17.1 Å². The summed E-state index contributed by atoms with van der Waals surface area (Å²) in [5.41, 5.74) is 9.47. The van der Waals surface area contributed by atoms with Crippen LogP contribution in [0.3, 0.4) is 0 Å². The first-order valence-corrected chi connectivity index (χ1v) is 6.88. The monoisotopic (exact) mass is 315 g/mol. The van der Waals surface area contributed by atoms with Crippen LogP contribution in [0.1, 0.15) is 17.4 Å². The maximum absolute atomic E-state index is 6.35. The third-order valence-electron chi connectivity index (χ3n) is 3.31. The zero-order valence-corrected chi connectivity index (χ0v) is 12.1. The van der Waals surface area contributed by atoms with Gasteiger partial charge in [0, 0.05) is 11.5 Å². The molecule has 0 fully saturated rings. The SMILES string of the molecule is Cn1c(C(N)c2cccc(Br)c2)nc2ccccc21. The zero-order valence-electron chi connectivity index (χ0n) is 10.5. The third kappa shape index (κ3) is 2.17. The van der Waals surface area contributed by atoms with E-state index in [1.807, 2.05) is 49.5 Å². The lowest BCUT2D eigenvalue weighted by Crippen LogP contribution is -2.16. The standard InChI is InChI=1S/C15H14BrN3/c1-19-13-8-3-2-7-12(13)18-15(19)14(17)10-5-4-6-11(16)9-10/h2-9,14H,17H2,1H3. The van der Waals surface area contributed by atoms with Crippen LogP contribution >= 0.6 is 15.9 Å². The zero-order chi connectivity index (χ0) is 13.4. The van der Waals surface area contributed by atoms with Crippen molar-refractivity contribution in [2.24, 2.45) is 12.8 Å². The Kier molecular flexibility index (Phi) is 3.12. The minimum Gasteiger partial charge on any atom is -0.330 e. The number of benzene rings is 2. The van der Waals surface area contributed by atoms with Crippen molar-refractivity contribution in [1.29, 1.82) is 0 Å². The van der Waals surface area contributed by atoms with E-state index in [4.69, 9.17) is 5.73 Å². The minimum absolute atomic E-state index is 0.227. The van der Waals surface area contributed by atoms with E-state index in [9.17, 15) is 0 Å². The lowest BCUT2D eigenvalue weighted by atomic mass is 10.1. The Hall–Kier alpha value is -1.65. The largest absolute Gasteiger partial charge is 0.330 e. The Morgan fingerprint density at radius 3 is 2.68 bits per heavy atom. The van der Waals surface area contributed by atoms with E-state index >= 15 is 0 Å². The summed E-state index contributed by atoms with van der Waals surface area (Å²) in [6.07, 6.45) is 0. The van der Waals surface area contributed by atoms with Crippen LogP contribution in [0, 0.1) is 0 Å². The summed E-state index contributed by atoms with van der Waals surface area (Å²) in [5.74, 6) is 0.874. The van der Waals surface area contributed by atoms with E-state index in [0.717, 1.165) is 26.9 Å². The van der Waals surface area contributed by atoms with E-state index in [1.165, 1.54) is 0 Å². The van der Waals surface area contributed by atoms with Crippen LogP contribution in [0.4, 0.5) is 0 Å². The van der Waals surface area contributed by atoms with Crippen LogP contribution in [0.5, 0.6) is 0 Å². The highest BCUT2D eigenvalue weighted by Gasteiger charge is 2.16. The van der Waals surface area contributed by atoms with Crippen LogP contribution < -0.4 is 5.73 Å². The second-order valence-electron chi connectivity index (χ2n) is 4.55. The molecule has 0 spiro atoms. The average molecular weight is 316 g/mol. The maximum Gasteiger partial charge on any atom is 0.131 e. The molecule has 3 rings (SSSR count). The molecule has 1 unspecified atom stereocenters. The van der Waals surface area contributed by atoms with Gasteiger partial charge in [-0.2, -0.15) is 0 Å². The minimum atomic E-state index is -0.227. The van der Waals surface area contributed by atoms with Crippen LogP contribution in [0.2, 0.25) is 0 Å². The average Bonchev–Trinajstić information content (AvgIpc) is 2.76. The quantitative estimate of drug-likeness (QED) is 0.787. The number of halogens is 1. The Morgan fingerprint density at radius 2 is 1.95 bits per heavy atom. The molecule has 0 saturated heterocycles. The van der Waals surface area contributed by atoms with Gasteiger partial charge < -0.3 is 10.3 Å². The lowest BCUT2D eigenvalue weighted by molar-refractivity contribution is 0.728. The smallest absolute Gasteiger partial charge is 0.131 e. The molecule has 3 aromatic rings. The van der Waals surface area contributed by atoms with Crippen molar-refractivity contribution >= 4 is 27.0 Å². The highest BCUT2D eigenvalue weighted by atomic mass is 79.9. The van der Waals surface area contributed by atoms with Gasteiger partial charge in [0.1, 0.15) is 5.82 Å². The fourth-order valence-corrected chi connectivity index (χ4v) is 2.71. The van der Waals surface area contributed by atoms with Gasteiger partial charge >= 0.3 is 0 Å². The topological polar surface area (TPSA) is 43.8 Å². The highest BCUT2D eigenvalue weighted by molar-refractivity contribution is 9.10. The first kappa shape index (κ1) is 12.4. The van der Waals surface area contributed by atoms with Crippen LogP contribution in [0.15, 0.2) is 53.0 Å². The number of nitrogens with zero attached hydrogens (tertiary/aromatic N) is 2. The summed E-state index contributed by atoms with van der Waals surface area (Å²) in [6.45, 7) is 0. The maximum atomic E-state index is 6.35. The molecule has 4 heteroatoms. The summed E-state index contributed by atoms with van der Waals surface area (Å²) in [7, 11) is 2.00. The van der Waals surface area contributed by atoms with E-state index in [-0.39, 0.29) is 6.04 Å². The first-order valence-electron chi connectivity index (χ1n) is 6.09. The predicted molar refractivity (Wildman–Crippen MR) is 80.9 cm³/mol. The van der Waals surface area contributed by atoms with Crippen molar-refractivity contribution in [2.45, 2.75) is 6.04 Å². The number of aryl methyl sites for hydroxylation is 1. The summed E-state index contributed by atoms with van der Waals surface area (Å²) >= 11 is 3.47. The molecule has 2 aromatic carbocycles. The second-order valence-corrected chi connectivity index (χ2v) is 5.47. The Morgan fingerprint density at radius 1 is 1.16 bits per heavy atom. The molecule has 1 heterocycles. The summed E-state index contributed by atoms with van der Waals surface area (Å²) in [5, 5.41) is 0. The van der Waals surface area contributed by atoms with Crippen LogP contribution in [0.25, 0.3) is 11.0 Å². The van der Waals surface area contributed by atoms with Gasteiger partial charge in [-0.05, 0) is 29.8 Å². The van der Waals surface area contributed by atoms with Crippen molar-refractivity contribution in [2.75, 3.05) is 0 Å². The Balaban J connectivity index is 2.11. The van der Waals surface area contributed by atoms with Gasteiger partial charge in [-0.1, -0.05) is 40.2 Å². The molecule has 2 N–H and O–H groups in total. The molecule has 0 aliphatic rings. The van der Waals surface area contributed by atoms with Crippen molar-refractivity contribution in [3.63, 3.8) is 0 Å². The molecular weight excluding hydrogens is 302 g/mol. The molecule has 3 nitrogen and oxygen atoms in total. The van der Waals surface area contributed by atoms with Gasteiger partial charge in [0.25, 0.3) is 0 Å². The summed E-state index contributed by atoms with van der Waals surface area (Å²) < 4.78 is 3.08. The number of aromatic nitrogens is 2. The summed E-state index contributed by atoms with van der Waals surface area (Å²) in [4.78, 5) is 4.64. The lowest BCUT2D eigenvalue weighted by Gasteiger charge is -2.12. The van der Waals surface area contributed by atoms with Crippen LogP contribution in [-0.4, -0.2) is 9.55 Å². The fraction of sp³-hybridized carbons (Fsp3) is 0.133. The molecule has 0 aliphatic carbocycles. The molecule has 19 heavy (non-hydrogen) atoms. The van der Waals surface area contributed by atoms with Crippen molar-refractivity contribution in [1.82, 2.24) is 9.55 Å². The molecule has 0 saturated carbocycles. The van der Waals surface area contributed by atoms with E-state index in [0.29, 0.717) is 0 Å². The molecular formula is C15H14BrN3. The number of fused-ring (bicyclic) bond motifs is 1. The van der Waals surface area contributed by atoms with Gasteiger partial charge in [0.15, 0.2) is 0 Å². The molecule has 0 bridgehead atoms.